The molecule has 0 aromatic carbocycles. The average molecular weight is 242 g/mol. The van der Waals surface area contributed by atoms with Gasteiger partial charge in [-0.3, -0.25) is 4.79 Å². The average Bonchev–Trinajstić information content (AvgIpc) is 2.20. The van der Waals surface area contributed by atoms with Gasteiger partial charge in [-0.15, -0.1) is 0 Å². The van der Waals surface area contributed by atoms with Gasteiger partial charge in [0, 0.05) is 25.0 Å². The highest BCUT2D eigenvalue weighted by Crippen LogP contribution is 2.20. The third kappa shape index (κ3) is 8.37. The van der Waals surface area contributed by atoms with Crippen LogP contribution in [0, 0.1) is 23.7 Å². The zero-order chi connectivity index (χ0) is 13.4. The van der Waals surface area contributed by atoms with Gasteiger partial charge in [-0.1, -0.05) is 41.5 Å². The minimum absolute atomic E-state index is 0.142. The second kappa shape index (κ2) is 8.68. The summed E-state index contributed by atoms with van der Waals surface area (Å²) >= 11 is 0. The molecule has 0 radical (unpaired) electrons. The quantitative estimate of drug-likeness (QED) is 0.572. The van der Waals surface area contributed by atoms with E-state index in [1.165, 1.54) is 0 Å². The molecule has 102 valence electrons. The van der Waals surface area contributed by atoms with Gasteiger partial charge in [0.2, 0.25) is 0 Å². The van der Waals surface area contributed by atoms with E-state index in [1.54, 1.807) is 0 Å². The van der Waals surface area contributed by atoms with Crippen LogP contribution < -0.4 is 0 Å². The fourth-order valence-corrected chi connectivity index (χ4v) is 1.96. The molecule has 0 saturated carbocycles. The van der Waals surface area contributed by atoms with Crippen molar-refractivity contribution >= 4 is 5.78 Å². The van der Waals surface area contributed by atoms with Crippen LogP contribution in [0.5, 0.6) is 0 Å². The molecule has 2 nitrogen and oxygen atoms in total. The molecule has 0 N–H and O–H groups in total. The van der Waals surface area contributed by atoms with Gasteiger partial charge in [0.05, 0.1) is 0 Å². The number of hydrogen-bond acceptors (Lipinski definition) is 2. The molecular formula is C15H30O2. The molecule has 1 unspecified atom stereocenters. The van der Waals surface area contributed by atoms with E-state index in [2.05, 4.69) is 27.7 Å². The van der Waals surface area contributed by atoms with Crippen LogP contribution in [0.3, 0.4) is 0 Å². The SMILES string of the molecule is CC(C)COCCC(CC(C)C)C(=O)C(C)C. The van der Waals surface area contributed by atoms with Gasteiger partial charge >= 0.3 is 0 Å². The maximum Gasteiger partial charge on any atom is 0.138 e. The van der Waals surface area contributed by atoms with Gasteiger partial charge in [-0.05, 0) is 24.7 Å². The molecule has 0 aliphatic carbocycles. The molecule has 0 fully saturated rings. The van der Waals surface area contributed by atoms with Gasteiger partial charge < -0.3 is 4.74 Å². The van der Waals surface area contributed by atoms with Gasteiger partial charge in [-0.2, -0.15) is 0 Å². The first-order valence-corrected chi connectivity index (χ1v) is 6.96. The summed E-state index contributed by atoms with van der Waals surface area (Å²) in [6.07, 6.45) is 1.87. The molecule has 2 heteroatoms. The molecule has 17 heavy (non-hydrogen) atoms. The van der Waals surface area contributed by atoms with Crippen molar-refractivity contribution in [3.63, 3.8) is 0 Å². The lowest BCUT2D eigenvalue weighted by Crippen LogP contribution is -2.23. The zero-order valence-corrected chi connectivity index (χ0v) is 12.5. The molecule has 0 aliphatic heterocycles. The van der Waals surface area contributed by atoms with Crippen molar-refractivity contribution in [2.75, 3.05) is 13.2 Å². The highest BCUT2D eigenvalue weighted by atomic mass is 16.5. The normalized spacial score (nSPS) is 13.7. The van der Waals surface area contributed by atoms with E-state index in [0.29, 0.717) is 24.2 Å². The minimum atomic E-state index is 0.142. The molecule has 1 atom stereocenters. The number of rotatable bonds is 9. The van der Waals surface area contributed by atoms with Gasteiger partial charge in [0.1, 0.15) is 5.78 Å². The van der Waals surface area contributed by atoms with Crippen LogP contribution in [0.25, 0.3) is 0 Å². The van der Waals surface area contributed by atoms with Crippen molar-refractivity contribution in [2.45, 2.75) is 54.4 Å². The number of carbonyl (C=O) groups excluding carboxylic acids is 1. The standard InChI is InChI=1S/C15H30O2/c1-11(2)9-14(15(16)13(5)6)7-8-17-10-12(3)4/h11-14H,7-10H2,1-6H3. The molecular weight excluding hydrogens is 212 g/mol. The van der Waals surface area contributed by atoms with Gasteiger partial charge in [0.25, 0.3) is 0 Å². The Morgan fingerprint density at radius 2 is 1.59 bits per heavy atom. The van der Waals surface area contributed by atoms with Crippen molar-refractivity contribution in [3.8, 4) is 0 Å². The van der Waals surface area contributed by atoms with Gasteiger partial charge in [-0.25, -0.2) is 0 Å². The predicted octanol–water partition coefficient (Wildman–Crippen LogP) is 3.94. The summed E-state index contributed by atoms with van der Waals surface area (Å²) in [5.41, 5.74) is 0. The van der Waals surface area contributed by atoms with Crippen molar-refractivity contribution < 1.29 is 9.53 Å². The predicted molar refractivity (Wildman–Crippen MR) is 73.1 cm³/mol. The Morgan fingerprint density at radius 1 is 1.00 bits per heavy atom. The Balaban J connectivity index is 4.07. The van der Waals surface area contributed by atoms with Crippen LogP contribution in [0.1, 0.15) is 54.4 Å². The van der Waals surface area contributed by atoms with Crippen molar-refractivity contribution in [1.82, 2.24) is 0 Å². The second-order valence-electron chi connectivity index (χ2n) is 6.14. The molecule has 0 rings (SSSR count). The van der Waals surface area contributed by atoms with Crippen molar-refractivity contribution in [2.24, 2.45) is 23.7 Å². The first-order valence-electron chi connectivity index (χ1n) is 6.96. The Morgan fingerprint density at radius 3 is 2.00 bits per heavy atom. The maximum absolute atomic E-state index is 12.1. The lowest BCUT2D eigenvalue weighted by atomic mass is 9.86. The van der Waals surface area contributed by atoms with Crippen molar-refractivity contribution in [3.05, 3.63) is 0 Å². The zero-order valence-electron chi connectivity index (χ0n) is 12.5. The van der Waals surface area contributed by atoms with E-state index in [4.69, 9.17) is 4.74 Å². The lowest BCUT2D eigenvalue weighted by Gasteiger charge is -2.20. The highest BCUT2D eigenvalue weighted by Gasteiger charge is 2.21. The van der Waals surface area contributed by atoms with Gasteiger partial charge in [0.15, 0.2) is 0 Å². The first kappa shape index (κ1) is 16.6. The largest absolute Gasteiger partial charge is 0.381 e. The molecule has 0 aromatic rings. The summed E-state index contributed by atoms with van der Waals surface area (Å²) in [6.45, 7) is 14.1. The molecule has 0 aliphatic rings. The molecule has 0 heterocycles. The van der Waals surface area contributed by atoms with Crippen LogP contribution in [0.4, 0.5) is 0 Å². The first-order chi connectivity index (χ1) is 7.84. The Hall–Kier alpha value is -0.370. The van der Waals surface area contributed by atoms with Crippen LogP contribution in [0.2, 0.25) is 0 Å². The lowest BCUT2D eigenvalue weighted by molar-refractivity contribution is -0.127. The summed E-state index contributed by atoms with van der Waals surface area (Å²) in [6, 6.07) is 0. The third-order valence-corrected chi connectivity index (χ3v) is 2.79. The molecule has 0 amide bonds. The van der Waals surface area contributed by atoms with E-state index < -0.39 is 0 Å². The summed E-state index contributed by atoms with van der Waals surface area (Å²) in [7, 11) is 0. The van der Waals surface area contributed by atoms with E-state index in [-0.39, 0.29) is 11.8 Å². The molecule has 0 bridgehead atoms. The fraction of sp³-hybridized carbons (Fsp3) is 0.933. The Labute approximate surface area is 107 Å². The van der Waals surface area contributed by atoms with E-state index in [9.17, 15) is 4.79 Å². The Bertz CT molecular complexity index is 207. The number of hydrogen-bond donors (Lipinski definition) is 0. The molecule has 0 spiro atoms. The third-order valence-electron chi connectivity index (χ3n) is 2.79. The van der Waals surface area contributed by atoms with Crippen molar-refractivity contribution in [1.29, 1.82) is 0 Å². The van der Waals surface area contributed by atoms with Crippen LogP contribution in [-0.2, 0) is 9.53 Å². The summed E-state index contributed by atoms with van der Waals surface area (Å²) < 4.78 is 5.58. The summed E-state index contributed by atoms with van der Waals surface area (Å²) in [5, 5.41) is 0. The van der Waals surface area contributed by atoms with Crippen LogP contribution in [0.15, 0.2) is 0 Å². The minimum Gasteiger partial charge on any atom is -0.381 e. The Kier molecular flexibility index (Phi) is 8.49. The van der Waals surface area contributed by atoms with Crippen LogP contribution >= 0.6 is 0 Å². The smallest absolute Gasteiger partial charge is 0.138 e. The topological polar surface area (TPSA) is 26.3 Å². The van der Waals surface area contributed by atoms with E-state index >= 15 is 0 Å². The summed E-state index contributed by atoms with van der Waals surface area (Å²) in [5.74, 6) is 1.87. The monoisotopic (exact) mass is 242 g/mol. The molecule has 0 saturated heterocycles. The number of Topliss-reactive ketones (excluding diaryl/α,β-unsaturated/α-hetero) is 1. The fourth-order valence-electron chi connectivity index (χ4n) is 1.96. The highest BCUT2D eigenvalue weighted by molar-refractivity contribution is 5.82. The summed E-state index contributed by atoms with van der Waals surface area (Å²) in [4.78, 5) is 12.1. The number of ether oxygens (including phenoxy) is 1. The number of ketones is 1. The maximum atomic E-state index is 12.1. The molecule has 0 aromatic heterocycles. The van der Waals surface area contributed by atoms with E-state index in [1.807, 2.05) is 13.8 Å². The van der Waals surface area contributed by atoms with Crippen LogP contribution in [-0.4, -0.2) is 19.0 Å². The second-order valence-corrected chi connectivity index (χ2v) is 6.14. The number of carbonyl (C=O) groups is 1. The van der Waals surface area contributed by atoms with E-state index in [0.717, 1.165) is 19.4 Å².